The highest BCUT2D eigenvalue weighted by Gasteiger charge is 2.37. The molecule has 1 aliphatic rings. The Bertz CT molecular complexity index is 1550. The maximum Gasteiger partial charge on any atom is 0.416 e. The molecule has 41 heavy (non-hydrogen) atoms. The van der Waals surface area contributed by atoms with Crippen molar-refractivity contribution in [3.8, 4) is 6.07 Å². The van der Waals surface area contributed by atoms with Crippen molar-refractivity contribution in [1.29, 1.82) is 5.26 Å². The first-order chi connectivity index (χ1) is 19.6. The normalized spacial score (nSPS) is 15.2. The number of nitrogens with one attached hydrogen (secondary N) is 2. The van der Waals surface area contributed by atoms with Crippen molar-refractivity contribution in [3.05, 3.63) is 117 Å². The molecule has 0 spiro atoms. The van der Waals surface area contributed by atoms with E-state index in [1.807, 2.05) is 6.07 Å². The standard InChI is InChI=1S/C30H23ClF3N3O3S/c1-2-40-29(39)26-25(18-11-13-21(31)14-12-18)23(16-35)28(37-27(26)19-7-4-3-5-8-19)41-17-24(38)36-22-10-6-9-20(15-22)30(32,33)34/h3-15,25,37H,2,17H2,1H3,(H,36,38)/t25-/m1/s1. The third-order valence-electron chi connectivity index (χ3n) is 6.03. The molecule has 0 unspecified atom stereocenters. The van der Waals surface area contributed by atoms with Gasteiger partial charge in [0, 0.05) is 10.7 Å². The highest BCUT2D eigenvalue weighted by atomic mass is 35.5. The molecule has 0 aromatic heterocycles. The number of esters is 1. The molecule has 4 rings (SSSR count). The Labute approximate surface area is 243 Å². The molecule has 6 nitrogen and oxygen atoms in total. The number of hydrogen-bond donors (Lipinski definition) is 2. The lowest BCUT2D eigenvalue weighted by atomic mass is 9.81. The summed E-state index contributed by atoms with van der Waals surface area (Å²) in [5.74, 6) is -2.27. The SMILES string of the molecule is CCOC(=O)C1=C(c2ccccc2)NC(SCC(=O)Nc2cccc(C(F)(F)F)c2)=C(C#N)[C@H]1c1ccc(Cl)cc1. The van der Waals surface area contributed by atoms with Crippen LogP contribution in [0.2, 0.25) is 5.02 Å². The number of nitriles is 1. The molecular weight excluding hydrogens is 575 g/mol. The van der Waals surface area contributed by atoms with Crippen LogP contribution in [-0.2, 0) is 20.5 Å². The Hall–Kier alpha value is -4.20. The number of ether oxygens (including phenoxy) is 1. The maximum absolute atomic E-state index is 13.3. The summed E-state index contributed by atoms with van der Waals surface area (Å²) in [7, 11) is 0. The number of hydrogen-bond acceptors (Lipinski definition) is 6. The monoisotopic (exact) mass is 597 g/mol. The van der Waals surface area contributed by atoms with Crippen molar-refractivity contribution < 1.29 is 27.5 Å². The topological polar surface area (TPSA) is 91.2 Å². The molecule has 1 aliphatic heterocycles. The molecule has 1 atom stereocenters. The van der Waals surface area contributed by atoms with Gasteiger partial charge in [-0.2, -0.15) is 18.4 Å². The van der Waals surface area contributed by atoms with Gasteiger partial charge in [-0.3, -0.25) is 4.79 Å². The summed E-state index contributed by atoms with van der Waals surface area (Å²) >= 11 is 7.10. The fourth-order valence-electron chi connectivity index (χ4n) is 4.26. The predicted molar refractivity (Wildman–Crippen MR) is 152 cm³/mol. The number of allylic oxidation sites excluding steroid dienone is 1. The first kappa shape index (κ1) is 29.8. The number of alkyl halides is 3. The second-order valence-electron chi connectivity index (χ2n) is 8.75. The summed E-state index contributed by atoms with van der Waals surface area (Å²) in [6.45, 7) is 1.79. The second-order valence-corrected chi connectivity index (χ2v) is 10.2. The second kappa shape index (κ2) is 13.0. The third-order valence-corrected chi connectivity index (χ3v) is 7.30. The summed E-state index contributed by atoms with van der Waals surface area (Å²) in [5.41, 5.74) is 1.16. The van der Waals surface area contributed by atoms with E-state index in [9.17, 15) is 28.0 Å². The van der Waals surface area contributed by atoms with E-state index in [1.54, 1.807) is 55.5 Å². The van der Waals surface area contributed by atoms with Crippen LogP contribution in [0.25, 0.3) is 5.70 Å². The smallest absolute Gasteiger partial charge is 0.416 e. The van der Waals surface area contributed by atoms with Gasteiger partial charge in [-0.1, -0.05) is 71.9 Å². The molecular formula is C30H23ClF3N3O3S. The van der Waals surface area contributed by atoms with Crippen molar-refractivity contribution in [1.82, 2.24) is 5.32 Å². The number of carbonyl (C=O) groups is 2. The highest BCUT2D eigenvalue weighted by molar-refractivity contribution is 8.03. The van der Waals surface area contributed by atoms with Gasteiger partial charge < -0.3 is 15.4 Å². The first-order valence-electron chi connectivity index (χ1n) is 12.4. The number of dihydropyridines is 1. The molecule has 0 aliphatic carbocycles. The molecule has 0 fully saturated rings. The number of amides is 1. The van der Waals surface area contributed by atoms with Gasteiger partial charge in [-0.05, 0) is 48.4 Å². The zero-order valence-electron chi connectivity index (χ0n) is 21.6. The summed E-state index contributed by atoms with van der Waals surface area (Å²) < 4.78 is 44.6. The predicted octanol–water partition coefficient (Wildman–Crippen LogP) is 7.13. The van der Waals surface area contributed by atoms with Gasteiger partial charge in [-0.25, -0.2) is 4.79 Å². The summed E-state index contributed by atoms with van der Waals surface area (Å²) in [4.78, 5) is 26.1. The van der Waals surface area contributed by atoms with Crippen LogP contribution < -0.4 is 10.6 Å². The van der Waals surface area contributed by atoms with Gasteiger partial charge in [0.05, 0.1) is 51.8 Å². The third kappa shape index (κ3) is 7.12. The van der Waals surface area contributed by atoms with Crippen molar-refractivity contribution >= 4 is 46.6 Å². The Kier molecular flexibility index (Phi) is 9.42. The van der Waals surface area contributed by atoms with Gasteiger partial charge in [0.15, 0.2) is 0 Å². The van der Waals surface area contributed by atoms with E-state index in [1.165, 1.54) is 12.1 Å². The number of carbonyl (C=O) groups excluding carboxylic acids is 2. The maximum atomic E-state index is 13.3. The molecule has 0 bridgehead atoms. The van der Waals surface area contributed by atoms with Crippen LogP contribution in [0.5, 0.6) is 0 Å². The summed E-state index contributed by atoms with van der Waals surface area (Å²) in [6, 6.07) is 22.2. The molecule has 11 heteroatoms. The molecule has 3 aromatic carbocycles. The van der Waals surface area contributed by atoms with E-state index >= 15 is 0 Å². The number of anilines is 1. The van der Waals surface area contributed by atoms with E-state index in [0.29, 0.717) is 26.9 Å². The largest absolute Gasteiger partial charge is 0.463 e. The molecule has 1 amide bonds. The highest BCUT2D eigenvalue weighted by Crippen LogP contribution is 2.43. The number of thioether (sulfide) groups is 1. The zero-order valence-corrected chi connectivity index (χ0v) is 23.2. The molecule has 0 saturated heterocycles. The summed E-state index contributed by atoms with van der Waals surface area (Å²) in [6.07, 6.45) is -4.55. The van der Waals surface area contributed by atoms with E-state index in [0.717, 1.165) is 23.9 Å². The number of rotatable bonds is 8. The lowest BCUT2D eigenvalue weighted by molar-refractivity contribution is -0.139. The van der Waals surface area contributed by atoms with Gasteiger partial charge >= 0.3 is 12.1 Å². The average Bonchev–Trinajstić information content (AvgIpc) is 2.96. The van der Waals surface area contributed by atoms with E-state index in [4.69, 9.17) is 16.3 Å². The number of benzene rings is 3. The molecule has 2 N–H and O–H groups in total. The van der Waals surface area contributed by atoms with E-state index in [2.05, 4.69) is 16.7 Å². The van der Waals surface area contributed by atoms with Crippen LogP contribution in [0.1, 0.15) is 29.5 Å². The Balaban J connectivity index is 1.71. The Morgan fingerprint density at radius 2 is 1.78 bits per heavy atom. The first-order valence-corrected chi connectivity index (χ1v) is 13.7. The minimum atomic E-state index is -4.55. The minimum absolute atomic E-state index is 0.00924. The zero-order chi connectivity index (χ0) is 29.6. The van der Waals surface area contributed by atoms with Crippen molar-refractivity contribution in [2.75, 3.05) is 17.7 Å². The van der Waals surface area contributed by atoms with Gasteiger partial charge in [0.2, 0.25) is 5.91 Å². The van der Waals surface area contributed by atoms with E-state index < -0.39 is 29.5 Å². The van der Waals surface area contributed by atoms with Crippen LogP contribution >= 0.6 is 23.4 Å². The fraction of sp³-hybridized carbons (Fsp3) is 0.167. The Morgan fingerprint density at radius 3 is 2.41 bits per heavy atom. The van der Waals surface area contributed by atoms with Gasteiger partial charge in [-0.15, -0.1) is 0 Å². The van der Waals surface area contributed by atoms with Crippen molar-refractivity contribution in [2.45, 2.75) is 19.0 Å². The number of nitrogens with zero attached hydrogens (tertiary/aromatic N) is 1. The van der Waals surface area contributed by atoms with Crippen LogP contribution in [0.4, 0.5) is 18.9 Å². The van der Waals surface area contributed by atoms with E-state index in [-0.39, 0.29) is 29.2 Å². The van der Waals surface area contributed by atoms with Crippen LogP contribution in [0, 0.1) is 11.3 Å². The fourth-order valence-corrected chi connectivity index (χ4v) is 5.22. The molecule has 1 heterocycles. The quantitative estimate of drug-likeness (QED) is 0.269. The van der Waals surface area contributed by atoms with Crippen LogP contribution in [0.15, 0.2) is 95.0 Å². The molecule has 0 radical (unpaired) electrons. The molecule has 3 aromatic rings. The van der Waals surface area contributed by atoms with Gasteiger partial charge in [0.25, 0.3) is 0 Å². The van der Waals surface area contributed by atoms with Crippen LogP contribution in [-0.4, -0.2) is 24.2 Å². The molecule has 0 saturated carbocycles. The van der Waals surface area contributed by atoms with Crippen molar-refractivity contribution in [3.63, 3.8) is 0 Å². The Morgan fingerprint density at radius 1 is 1.07 bits per heavy atom. The minimum Gasteiger partial charge on any atom is -0.463 e. The lowest BCUT2D eigenvalue weighted by Crippen LogP contribution is -2.29. The molecule has 210 valence electrons. The van der Waals surface area contributed by atoms with Crippen molar-refractivity contribution in [2.24, 2.45) is 0 Å². The lowest BCUT2D eigenvalue weighted by Gasteiger charge is -2.30. The van der Waals surface area contributed by atoms with Crippen LogP contribution in [0.3, 0.4) is 0 Å². The number of halogens is 4. The average molecular weight is 598 g/mol. The summed E-state index contributed by atoms with van der Waals surface area (Å²) in [5, 5.41) is 16.7. The van der Waals surface area contributed by atoms with Gasteiger partial charge in [0.1, 0.15) is 0 Å².